The lowest BCUT2D eigenvalue weighted by atomic mass is 10.2. The monoisotopic (exact) mass is 343 g/mol. The zero-order chi connectivity index (χ0) is 13.5. The number of hydrogen-bond acceptors (Lipinski definition) is 3. The van der Waals surface area contributed by atoms with E-state index in [-0.39, 0.29) is 5.82 Å². The number of hydrogen-bond donors (Lipinski definition) is 1. The zero-order valence-electron chi connectivity index (χ0n) is 10.4. The summed E-state index contributed by atoms with van der Waals surface area (Å²) in [5.41, 5.74) is 0.602. The molecule has 2 aromatic rings. The summed E-state index contributed by atoms with van der Waals surface area (Å²) in [5, 5.41) is 5.35. The lowest BCUT2D eigenvalue weighted by molar-refractivity contribution is 0.120. The molecular weight excluding hydrogens is 329 g/mol. The van der Waals surface area contributed by atoms with Gasteiger partial charge in [-0.15, -0.1) is 11.3 Å². The van der Waals surface area contributed by atoms with Gasteiger partial charge in [-0.1, -0.05) is 18.2 Å². The fraction of sp³-hybridized carbons (Fsp3) is 0.286. The molecule has 0 saturated heterocycles. The molecule has 1 aromatic heterocycles. The smallest absolute Gasteiger partial charge is 0.128 e. The van der Waals surface area contributed by atoms with Gasteiger partial charge in [-0.2, -0.15) is 0 Å². The fourth-order valence-corrected chi connectivity index (χ4v) is 3.02. The number of ether oxygens (including phenoxy) is 1. The van der Waals surface area contributed by atoms with Crippen molar-refractivity contribution in [3.05, 3.63) is 56.4 Å². The molecule has 0 aliphatic carbocycles. The fourth-order valence-electron chi connectivity index (χ4n) is 1.60. The molecule has 0 aliphatic heterocycles. The van der Waals surface area contributed by atoms with Crippen molar-refractivity contribution in [1.29, 1.82) is 0 Å². The quantitative estimate of drug-likeness (QED) is 0.768. The lowest BCUT2D eigenvalue weighted by Gasteiger charge is -2.06. The van der Waals surface area contributed by atoms with Crippen LogP contribution in [0.4, 0.5) is 4.39 Å². The summed E-state index contributed by atoms with van der Waals surface area (Å²) in [6, 6.07) is 8.78. The summed E-state index contributed by atoms with van der Waals surface area (Å²) < 4.78 is 19.8. The third-order valence-corrected chi connectivity index (χ3v) is 4.26. The molecule has 1 aromatic carbocycles. The van der Waals surface area contributed by atoms with Crippen LogP contribution in [0.15, 0.2) is 40.2 Å². The van der Waals surface area contributed by atoms with E-state index in [4.69, 9.17) is 4.74 Å². The standard InChI is InChI=1S/C14H15BrFNOS/c15-12-7-13(19-10-12)8-17-5-6-18-9-11-3-1-2-4-14(11)16/h1-4,7,10,17H,5-6,8-9H2. The third-order valence-electron chi connectivity index (χ3n) is 2.56. The Morgan fingerprint density at radius 2 is 2.16 bits per heavy atom. The van der Waals surface area contributed by atoms with E-state index >= 15 is 0 Å². The minimum absolute atomic E-state index is 0.209. The highest BCUT2D eigenvalue weighted by atomic mass is 79.9. The van der Waals surface area contributed by atoms with E-state index in [2.05, 4.69) is 32.7 Å². The van der Waals surface area contributed by atoms with Crippen molar-refractivity contribution in [3.8, 4) is 0 Å². The van der Waals surface area contributed by atoms with Crippen LogP contribution in [0.2, 0.25) is 0 Å². The summed E-state index contributed by atoms with van der Waals surface area (Å²) >= 11 is 5.13. The molecule has 0 bridgehead atoms. The van der Waals surface area contributed by atoms with E-state index in [1.54, 1.807) is 23.5 Å². The van der Waals surface area contributed by atoms with Crippen molar-refractivity contribution >= 4 is 27.3 Å². The molecule has 0 fully saturated rings. The van der Waals surface area contributed by atoms with E-state index in [0.717, 1.165) is 17.6 Å². The van der Waals surface area contributed by atoms with E-state index in [1.807, 2.05) is 6.07 Å². The average Bonchev–Trinajstić information content (AvgIpc) is 2.81. The molecule has 5 heteroatoms. The molecule has 1 N–H and O–H groups in total. The molecule has 0 atom stereocenters. The largest absolute Gasteiger partial charge is 0.375 e. The summed E-state index contributed by atoms with van der Waals surface area (Å²) in [7, 11) is 0. The normalized spacial score (nSPS) is 10.8. The lowest BCUT2D eigenvalue weighted by Crippen LogP contribution is -2.18. The minimum atomic E-state index is -0.209. The molecule has 0 amide bonds. The van der Waals surface area contributed by atoms with Crippen LogP contribution in [-0.4, -0.2) is 13.2 Å². The summed E-state index contributed by atoms with van der Waals surface area (Å²) in [5.74, 6) is -0.209. The van der Waals surface area contributed by atoms with Crippen LogP contribution in [0.3, 0.4) is 0 Å². The van der Waals surface area contributed by atoms with Gasteiger partial charge in [-0.3, -0.25) is 0 Å². The van der Waals surface area contributed by atoms with E-state index < -0.39 is 0 Å². The second-order valence-electron chi connectivity index (χ2n) is 4.05. The van der Waals surface area contributed by atoms with Gasteiger partial charge < -0.3 is 10.1 Å². The zero-order valence-corrected chi connectivity index (χ0v) is 12.8. The number of thiophene rings is 1. The second-order valence-corrected chi connectivity index (χ2v) is 5.96. The topological polar surface area (TPSA) is 21.3 Å². The summed E-state index contributed by atoms with van der Waals surface area (Å²) in [6.07, 6.45) is 0. The average molecular weight is 344 g/mol. The van der Waals surface area contributed by atoms with Crippen LogP contribution in [0.1, 0.15) is 10.4 Å². The second kappa shape index (κ2) is 7.75. The van der Waals surface area contributed by atoms with Crippen molar-refractivity contribution in [2.75, 3.05) is 13.2 Å². The van der Waals surface area contributed by atoms with E-state index in [0.29, 0.717) is 18.8 Å². The Bertz CT molecular complexity index is 518. The Balaban J connectivity index is 1.59. The van der Waals surface area contributed by atoms with Crippen molar-refractivity contribution in [1.82, 2.24) is 5.32 Å². The SMILES string of the molecule is Fc1ccccc1COCCNCc1cc(Br)cs1. The number of halogens is 2. The minimum Gasteiger partial charge on any atom is -0.375 e. The molecule has 2 rings (SSSR count). The first-order chi connectivity index (χ1) is 9.25. The molecule has 0 aliphatic rings. The van der Waals surface area contributed by atoms with Crippen LogP contribution in [0, 0.1) is 5.82 Å². The highest BCUT2D eigenvalue weighted by molar-refractivity contribution is 9.10. The van der Waals surface area contributed by atoms with Gasteiger partial charge in [0.25, 0.3) is 0 Å². The molecule has 0 radical (unpaired) electrons. The van der Waals surface area contributed by atoms with Crippen LogP contribution < -0.4 is 5.32 Å². The molecule has 19 heavy (non-hydrogen) atoms. The highest BCUT2D eigenvalue weighted by Crippen LogP contribution is 2.19. The van der Waals surface area contributed by atoms with E-state index in [9.17, 15) is 4.39 Å². The molecule has 0 unspecified atom stereocenters. The van der Waals surface area contributed by atoms with Gasteiger partial charge in [0, 0.05) is 33.4 Å². The molecule has 0 saturated carbocycles. The maximum Gasteiger partial charge on any atom is 0.128 e. The first kappa shape index (κ1) is 14.7. The highest BCUT2D eigenvalue weighted by Gasteiger charge is 2.00. The first-order valence-corrected chi connectivity index (χ1v) is 7.68. The van der Waals surface area contributed by atoms with Gasteiger partial charge in [-0.25, -0.2) is 4.39 Å². The Morgan fingerprint density at radius 1 is 1.32 bits per heavy atom. The van der Waals surface area contributed by atoms with Crippen molar-refractivity contribution in [2.24, 2.45) is 0 Å². The molecule has 102 valence electrons. The summed E-state index contributed by atoms with van der Waals surface area (Å²) in [6.45, 7) is 2.48. The molecule has 1 heterocycles. The van der Waals surface area contributed by atoms with Gasteiger partial charge in [0.15, 0.2) is 0 Å². The maximum atomic E-state index is 13.3. The first-order valence-electron chi connectivity index (χ1n) is 6.00. The van der Waals surface area contributed by atoms with E-state index in [1.165, 1.54) is 10.9 Å². The summed E-state index contributed by atoms with van der Waals surface area (Å²) in [4.78, 5) is 1.28. The number of nitrogens with one attached hydrogen (secondary N) is 1. The Hall–Kier alpha value is -0.750. The van der Waals surface area contributed by atoms with Crippen molar-refractivity contribution in [2.45, 2.75) is 13.2 Å². The Morgan fingerprint density at radius 3 is 2.89 bits per heavy atom. The predicted octanol–water partition coefficient (Wildman–Crippen LogP) is 3.96. The number of rotatable bonds is 7. The Kier molecular flexibility index (Phi) is 5.97. The molecular formula is C14H15BrFNOS. The van der Waals surface area contributed by atoms with Crippen LogP contribution >= 0.6 is 27.3 Å². The van der Waals surface area contributed by atoms with Gasteiger partial charge in [0.2, 0.25) is 0 Å². The molecule has 0 spiro atoms. The Labute approximate surface area is 124 Å². The van der Waals surface area contributed by atoms with Gasteiger partial charge in [-0.05, 0) is 28.1 Å². The van der Waals surface area contributed by atoms with Gasteiger partial charge >= 0.3 is 0 Å². The van der Waals surface area contributed by atoms with Crippen LogP contribution in [0.5, 0.6) is 0 Å². The van der Waals surface area contributed by atoms with Crippen molar-refractivity contribution < 1.29 is 9.13 Å². The maximum absolute atomic E-state index is 13.3. The van der Waals surface area contributed by atoms with Crippen LogP contribution in [0.25, 0.3) is 0 Å². The number of benzene rings is 1. The van der Waals surface area contributed by atoms with Crippen LogP contribution in [-0.2, 0) is 17.9 Å². The van der Waals surface area contributed by atoms with Gasteiger partial charge in [0.1, 0.15) is 5.82 Å². The predicted molar refractivity (Wildman–Crippen MR) is 79.8 cm³/mol. The van der Waals surface area contributed by atoms with Crippen molar-refractivity contribution in [3.63, 3.8) is 0 Å². The van der Waals surface area contributed by atoms with Gasteiger partial charge in [0.05, 0.1) is 13.2 Å². The molecule has 2 nitrogen and oxygen atoms in total. The third kappa shape index (κ3) is 5.03.